The number of ether oxygens (including phenoxy) is 1. The third-order valence-electron chi connectivity index (χ3n) is 5.19. The summed E-state index contributed by atoms with van der Waals surface area (Å²) in [4.78, 5) is 8.07. The average Bonchev–Trinajstić information content (AvgIpc) is 3.22. The number of fused-ring (bicyclic) bond motifs is 1. The van der Waals surface area contributed by atoms with Crippen molar-refractivity contribution in [2.75, 3.05) is 5.48 Å². The first-order valence-electron chi connectivity index (χ1n) is 8.66. The maximum Gasteiger partial charge on any atom is 0.164 e. The molecule has 1 saturated heterocycles. The lowest BCUT2D eigenvalue weighted by atomic mass is 9.88. The lowest BCUT2D eigenvalue weighted by Crippen LogP contribution is -2.47. The van der Waals surface area contributed by atoms with Gasteiger partial charge in [0.15, 0.2) is 12.0 Å². The molecule has 2 aromatic heterocycles. The topological polar surface area (TPSA) is 133 Å². The molecule has 4 rings (SSSR count). The Morgan fingerprint density at radius 2 is 2.00 bits per heavy atom. The number of hydrogen-bond acceptors (Lipinski definition) is 8. The van der Waals surface area contributed by atoms with E-state index < -0.39 is 30.1 Å². The van der Waals surface area contributed by atoms with Crippen molar-refractivity contribution in [3.05, 3.63) is 52.4 Å². The number of aliphatic hydroxyl groups is 3. The van der Waals surface area contributed by atoms with E-state index in [1.54, 1.807) is 18.3 Å². The summed E-state index contributed by atoms with van der Waals surface area (Å²) in [5.74, 6) is 0.181. The minimum Gasteiger partial charge on any atom is -0.386 e. The van der Waals surface area contributed by atoms with Gasteiger partial charge in [0.05, 0.1) is 15.4 Å². The van der Waals surface area contributed by atoms with Crippen LogP contribution in [0.5, 0.6) is 0 Å². The lowest BCUT2D eigenvalue weighted by Gasteiger charge is -2.29. The number of halogens is 2. The lowest BCUT2D eigenvalue weighted by molar-refractivity contribution is -0.115. The molecule has 9 nitrogen and oxygen atoms in total. The molecule has 29 heavy (non-hydrogen) atoms. The van der Waals surface area contributed by atoms with Crippen LogP contribution in [0.4, 0.5) is 5.82 Å². The van der Waals surface area contributed by atoms with E-state index in [1.807, 2.05) is 5.48 Å². The zero-order chi connectivity index (χ0) is 20.9. The number of aliphatic hydroxyl groups excluding tert-OH is 2. The summed E-state index contributed by atoms with van der Waals surface area (Å²) in [7, 11) is 0. The predicted molar refractivity (Wildman–Crippen MR) is 105 cm³/mol. The standard InChI is InChI=1S/C18H18Cl2N4O5/c1-18(27)13(26)17(24-5-4-9-15(23-28)21-7-22-16(9)24)29-14(18)12(25)8-2-3-10(19)11(20)6-8/h2-7,12-14,17,25-28H,1H3,(H,21,22,23)/t12-,13+,14-,17-,18+/m1/s1. The van der Waals surface area contributed by atoms with E-state index in [0.29, 0.717) is 21.6 Å². The Kier molecular flexibility index (Phi) is 5.16. The summed E-state index contributed by atoms with van der Waals surface area (Å²) in [6.07, 6.45) is -2.08. The fourth-order valence-corrected chi connectivity index (χ4v) is 3.87. The smallest absolute Gasteiger partial charge is 0.164 e. The Bertz CT molecular complexity index is 1060. The van der Waals surface area contributed by atoms with Gasteiger partial charge in [-0.05, 0) is 30.7 Å². The highest BCUT2D eigenvalue weighted by Crippen LogP contribution is 2.44. The van der Waals surface area contributed by atoms with Crippen molar-refractivity contribution in [3.8, 4) is 0 Å². The molecule has 5 atom stereocenters. The van der Waals surface area contributed by atoms with Crippen LogP contribution in [0.3, 0.4) is 0 Å². The zero-order valence-corrected chi connectivity index (χ0v) is 16.6. The molecular weight excluding hydrogens is 423 g/mol. The Morgan fingerprint density at radius 1 is 1.24 bits per heavy atom. The molecule has 11 heteroatoms. The molecule has 0 spiro atoms. The average molecular weight is 441 g/mol. The molecule has 1 aromatic carbocycles. The van der Waals surface area contributed by atoms with E-state index in [4.69, 9.17) is 27.9 Å². The van der Waals surface area contributed by atoms with Crippen molar-refractivity contribution >= 4 is 40.1 Å². The summed E-state index contributed by atoms with van der Waals surface area (Å²) >= 11 is 12.0. The third-order valence-corrected chi connectivity index (χ3v) is 5.93. The summed E-state index contributed by atoms with van der Waals surface area (Å²) in [5, 5.41) is 42.8. The Hall–Kier alpha value is -1.98. The predicted octanol–water partition coefficient (Wildman–Crippen LogP) is 2.28. The van der Waals surface area contributed by atoms with Crippen molar-refractivity contribution < 1.29 is 25.3 Å². The highest BCUT2D eigenvalue weighted by Gasteiger charge is 2.55. The second-order valence-corrected chi connectivity index (χ2v) is 7.85. The number of nitrogens with one attached hydrogen (secondary N) is 1. The zero-order valence-electron chi connectivity index (χ0n) is 15.1. The largest absolute Gasteiger partial charge is 0.386 e. The van der Waals surface area contributed by atoms with Crippen molar-refractivity contribution in [2.24, 2.45) is 0 Å². The number of hydrogen-bond donors (Lipinski definition) is 5. The molecule has 5 N–H and O–H groups in total. The van der Waals surface area contributed by atoms with Gasteiger partial charge in [-0.3, -0.25) is 10.7 Å². The molecule has 1 fully saturated rings. The van der Waals surface area contributed by atoms with Gasteiger partial charge >= 0.3 is 0 Å². The van der Waals surface area contributed by atoms with Gasteiger partial charge in [-0.2, -0.15) is 0 Å². The van der Waals surface area contributed by atoms with Crippen LogP contribution in [0.15, 0.2) is 36.8 Å². The molecule has 0 saturated carbocycles. The van der Waals surface area contributed by atoms with Crippen LogP contribution >= 0.6 is 23.2 Å². The monoisotopic (exact) mass is 440 g/mol. The van der Waals surface area contributed by atoms with E-state index in [9.17, 15) is 20.5 Å². The molecule has 0 bridgehead atoms. The molecule has 3 heterocycles. The van der Waals surface area contributed by atoms with E-state index in [-0.39, 0.29) is 10.8 Å². The van der Waals surface area contributed by atoms with Crippen LogP contribution in [0, 0.1) is 0 Å². The number of benzene rings is 1. The van der Waals surface area contributed by atoms with Gasteiger partial charge in [0.1, 0.15) is 35.9 Å². The molecule has 1 aliphatic rings. The van der Waals surface area contributed by atoms with Crippen LogP contribution in [0.2, 0.25) is 10.0 Å². The quantitative estimate of drug-likeness (QED) is 0.390. The molecule has 0 unspecified atom stereocenters. The van der Waals surface area contributed by atoms with Crippen LogP contribution in [0.1, 0.15) is 24.8 Å². The maximum absolute atomic E-state index is 10.9. The summed E-state index contributed by atoms with van der Waals surface area (Å²) in [5.41, 5.74) is 0.926. The minimum atomic E-state index is -1.79. The Labute approximate surface area is 175 Å². The highest BCUT2D eigenvalue weighted by atomic mass is 35.5. The number of rotatable bonds is 4. The summed E-state index contributed by atoms with van der Waals surface area (Å²) in [6.45, 7) is 1.38. The first-order valence-corrected chi connectivity index (χ1v) is 9.42. The van der Waals surface area contributed by atoms with Crippen LogP contribution < -0.4 is 5.48 Å². The minimum absolute atomic E-state index is 0.181. The van der Waals surface area contributed by atoms with Crippen molar-refractivity contribution in [2.45, 2.75) is 37.1 Å². The van der Waals surface area contributed by atoms with Crippen LogP contribution in [-0.4, -0.2) is 52.9 Å². The van der Waals surface area contributed by atoms with E-state index >= 15 is 0 Å². The molecule has 0 aliphatic carbocycles. The SMILES string of the molecule is C[C@@]1(O)[C@@H]([C@H](O)c2ccc(Cl)c(Cl)c2)O[C@@H](n2ccc3c(NO)ncnc32)[C@@H]1O. The number of nitrogens with zero attached hydrogens (tertiary/aromatic N) is 3. The molecular formula is C18H18Cl2N4O5. The maximum atomic E-state index is 10.9. The van der Waals surface area contributed by atoms with Gasteiger partial charge in [-0.1, -0.05) is 29.3 Å². The molecule has 1 aliphatic heterocycles. The van der Waals surface area contributed by atoms with Crippen LogP contribution in [-0.2, 0) is 4.74 Å². The molecule has 154 valence electrons. The van der Waals surface area contributed by atoms with Crippen LogP contribution in [0.25, 0.3) is 11.0 Å². The highest BCUT2D eigenvalue weighted by molar-refractivity contribution is 6.42. The third kappa shape index (κ3) is 3.24. The molecule has 3 aromatic rings. The molecule has 0 amide bonds. The fraction of sp³-hybridized carbons (Fsp3) is 0.333. The first kappa shape index (κ1) is 20.3. The number of anilines is 1. The second-order valence-electron chi connectivity index (χ2n) is 7.03. The molecule has 0 radical (unpaired) electrons. The first-order chi connectivity index (χ1) is 13.8. The van der Waals surface area contributed by atoms with Crippen molar-refractivity contribution in [1.29, 1.82) is 0 Å². The summed E-state index contributed by atoms with van der Waals surface area (Å²) < 4.78 is 7.39. The van der Waals surface area contributed by atoms with Gasteiger partial charge < -0.3 is 24.6 Å². The fourth-order valence-electron chi connectivity index (χ4n) is 3.57. The van der Waals surface area contributed by atoms with Crippen molar-refractivity contribution in [3.63, 3.8) is 0 Å². The van der Waals surface area contributed by atoms with Crippen molar-refractivity contribution in [1.82, 2.24) is 14.5 Å². The van der Waals surface area contributed by atoms with E-state index in [1.165, 1.54) is 30.0 Å². The van der Waals surface area contributed by atoms with Gasteiger partial charge in [0, 0.05) is 6.20 Å². The van der Waals surface area contributed by atoms with E-state index in [0.717, 1.165) is 0 Å². The summed E-state index contributed by atoms with van der Waals surface area (Å²) in [6, 6.07) is 6.20. The Morgan fingerprint density at radius 3 is 2.69 bits per heavy atom. The normalized spacial score (nSPS) is 28.0. The van der Waals surface area contributed by atoms with Gasteiger partial charge in [-0.15, -0.1) is 0 Å². The Balaban J connectivity index is 1.71. The second kappa shape index (κ2) is 7.37. The van der Waals surface area contributed by atoms with Gasteiger partial charge in [0.2, 0.25) is 0 Å². The van der Waals surface area contributed by atoms with Gasteiger partial charge in [0.25, 0.3) is 0 Å². The van der Waals surface area contributed by atoms with E-state index in [2.05, 4.69) is 9.97 Å². The number of aromatic nitrogens is 3. The van der Waals surface area contributed by atoms with Gasteiger partial charge in [-0.25, -0.2) is 9.97 Å².